The van der Waals surface area contributed by atoms with Gasteiger partial charge in [0.2, 0.25) is 11.8 Å². The molecule has 0 radical (unpaired) electrons. The van der Waals surface area contributed by atoms with Crippen LogP contribution in [0, 0.1) is 17.0 Å². The number of aryl methyl sites for hydroxylation is 1. The van der Waals surface area contributed by atoms with Crippen molar-refractivity contribution in [3.8, 4) is 5.75 Å². The van der Waals surface area contributed by atoms with Crippen molar-refractivity contribution in [2.24, 2.45) is 0 Å². The van der Waals surface area contributed by atoms with Crippen LogP contribution in [0.4, 0.5) is 11.5 Å². The Morgan fingerprint density at radius 2 is 2.00 bits per heavy atom. The van der Waals surface area contributed by atoms with Gasteiger partial charge in [-0.1, -0.05) is 15.9 Å². The number of benzene rings is 1. The summed E-state index contributed by atoms with van der Waals surface area (Å²) < 4.78 is 4.89. The standard InChI is InChI=1S/C22H26BrN5O7/c1-13-5-7-25-18(8-13)24-6-3-4-19(29)26-12-20(30)27-16(11-21(31)35-2)15-9-14(23)10-17(22(15)32)28(33)34/h5,7-10,16,32H,3-4,6,11-12H2,1-2H3,(H,24,25)(H,26,29)(H,27,30). The summed E-state index contributed by atoms with van der Waals surface area (Å²) >= 11 is 3.12. The molecule has 0 fully saturated rings. The van der Waals surface area contributed by atoms with Crippen LogP contribution in [0.5, 0.6) is 5.75 Å². The fourth-order valence-electron chi connectivity index (χ4n) is 3.11. The first-order valence-electron chi connectivity index (χ1n) is 10.6. The fraction of sp³-hybridized carbons (Fsp3) is 0.364. The Bertz CT molecular complexity index is 1100. The number of nitro benzene ring substituents is 1. The number of pyridine rings is 1. The lowest BCUT2D eigenvalue weighted by Crippen LogP contribution is -2.39. The number of phenols is 1. The number of carbonyl (C=O) groups excluding carboxylic acids is 3. The third-order valence-corrected chi connectivity index (χ3v) is 5.30. The number of anilines is 1. The van der Waals surface area contributed by atoms with Gasteiger partial charge in [0.1, 0.15) is 5.82 Å². The molecule has 4 N–H and O–H groups in total. The van der Waals surface area contributed by atoms with Crippen molar-refractivity contribution in [2.45, 2.75) is 32.2 Å². The van der Waals surface area contributed by atoms with Crippen molar-refractivity contribution < 1.29 is 29.2 Å². The molecule has 0 aliphatic rings. The monoisotopic (exact) mass is 551 g/mol. The first-order chi connectivity index (χ1) is 16.6. The van der Waals surface area contributed by atoms with E-state index in [1.807, 2.05) is 19.1 Å². The number of ether oxygens (including phenoxy) is 1. The van der Waals surface area contributed by atoms with Gasteiger partial charge in [-0.2, -0.15) is 0 Å². The Kier molecular flexibility index (Phi) is 10.4. The molecular formula is C22H26BrN5O7. The van der Waals surface area contributed by atoms with Crippen LogP contribution in [0.15, 0.2) is 34.9 Å². The first kappa shape index (κ1) is 27.5. The van der Waals surface area contributed by atoms with Gasteiger partial charge in [-0.05, 0) is 37.1 Å². The number of carbonyl (C=O) groups is 3. The van der Waals surface area contributed by atoms with E-state index in [0.29, 0.717) is 18.8 Å². The number of aromatic hydroxyl groups is 1. The molecule has 2 aromatic rings. The molecule has 1 unspecified atom stereocenters. The Morgan fingerprint density at radius 3 is 2.66 bits per heavy atom. The van der Waals surface area contributed by atoms with E-state index in [4.69, 9.17) is 0 Å². The average molecular weight is 552 g/mol. The summed E-state index contributed by atoms with van der Waals surface area (Å²) in [5.41, 5.74) is 0.413. The molecule has 35 heavy (non-hydrogen) atoms. The Morgan fingerprint density at radius 1 is 1.26 bits per heavy atom. The van der Waals surface area contributed by atoms with Crippen molar-refractivity contribution >= 4 is 45.2 Å². The van der Waals surface area contributed by atoms with Crippen LogP contribution in [0.25, 0.3) is 0 Å². The molecule has 12 nitrogen and oxygen atoms in total. The molecule has 1 atom stereocenters. The third kappa shape index (κ3) is 8.85. The predicted molar refractivity (Wildman–Crippen MR) is 130 cm³/mol. The van der Waals surface area contributed by atoms with Gasteiger partial charge < -0.3 is 25.8 Å². The zero-order chi connectivity index (χ0) is 26.0. The number of nitrogens with zero attached hydrogens (tertiary/aromatic N) is 2. The molecule has 0 spiro atoms. The van der Waals surface area contributed by atoms with E-state index in [0.717, 1.165) is 18.7 Å². The predicted octanol–water partition coefficient (Wildman–Crippen LogP) is 2.50. The van der Waals surface area contributed by atoms with E-state index in [1.54, 1.807) is 6.20 Å². The number of nitro groups is 1. The van der Waals surface area contributed by atoms with Crippen molar-refractivity contribution in [3.63, 3.8) is 0 Å². The third-order valence-electron chi connectivity index (χ3n) is 4.84. The van der Waals surface area contributed by atoms with Crippen LogP contribution in [0.2, 0.25) is 0 Å². The van der Waals surface area contributed by atoms with Gasteiger partial charge in [-0.25, -0.2) is 4.98 Å². The molecule has 0 saturated carbocycles. The van der Waals surface area contributed by atoms with Crippen LogP contribution in [-0.2, 0) is 19.1 Å². The van der Waals surface area contributed by atoms with Crippen LogP contribution >= 0.6 is 15.9 Å². The molecule has 0 aliphatic heterocycles. The van der Waals surface area contributed by atoms with E-state index >= 15 is 0 Å². The van der Waals surface area contributed by atoms with Crippen molar-refractivity contribution in [1.82, 2.24) is 15.6 Å². The highest BCUT2D eigenvalue weighted by molar-refractivity contribution is 9.10. The molecule has 188 valence electrons. The molecule has 1 aromatic heterocycles. The smallest absolute Gasteiger partial charge is 0.312 e. The minimum Gasteiger partial charge on any atom is -0.502 e. The van der Waals surface area contributed by atoms with Gasteiger partial charge >= 0.3 is 11.7 Å². The minimum absolute atomic E-state index is 0.0491. The normalized spacial score (nSPS) is 11.3. The zero-order valence-corrected chi connectivity index (χ0v) is 20.8. The summed E-state index contributed by atoms with van der Waals surface area (Å²) in [4.78, 5) is 51.0. The second-order valence-electron chi connectivity index (χ2n) is 7.55. The number of hydrogen-bond donors (Lipinski definition) is 4. The van der Waals surface area contributed by atoms with Crippen LogP contribution in [-0.4, -0.2) is 53.0 Å². The minimum atomic E-state index is -1.13. The average Bonchev–Trinajstić information content (AvgIpc) is 2.81. The van der Waals surface area contributed by atoms with Crippen LogP contribution < -0.4 is 16.0 Å². The Labute approximate surface area is 209 Å². The molecule has 1 heterocycles. The summed E-state index contributed by atoms with van der Waals surface area (Å²) in [6, 6.07) is 5.07. The number of halogens is 1. The van der Waals surface area contributed by atoms with Crippen molar-refractivity contribution in [3.05, 3.63) is 56.2 Å². The van der Waals surface area contributed by atoms with Gasteiger partial charge in [-0.15, -0.1) is 0 Å². The molecule has 0 bridgehead atoms. The summed E-state index contributed by atoms with van der Waals surface area (Å²) in [5.74, 6) is -1.71. The Hall–Kier alpha value is -3.74. The highest BCUT2D eigenvalue weighted by atomic mass is 79.9. The number of methoxy groups -OCH3 is 1. The van der Waals surface area contributed by atoms with E-state index in [1.165, 1.54) is 6.07 Å². The summed E-state index contributed by atoms with van der Waals surface area (Å²) in [6.45, 7) is 2.07. The van der Waals surface area contributed by atoms with Crippen LogP contribution in [0.1, 0.15) is 36.4 Å². The summed E-state index contributed by atoms with van der Waals surface area (Å²) in [5, 5.41) is 29.7. The van der Waals surface area contributed by atoms with Crippen molar-refractivity contribution in [2.75, 3.05) is 25.5 Å². The first-order valence-corrected chi connectivity index (χ1v) is 11.4. The number of aromatic nitrogens is 1. The quantitative estimate of drug-likeness (QED) is 0.134. The second kappa shape index (κ2) is 13.2. The van der Waals surface area contributed by atoms with Gasteiger partial charge in [0, 0.05) is 35.3 Å². The van der Waals surface area contributed by atoms with Gasteiger partial charge in [-0.3, -0.25) is 24.5 Å². The number of nitrogens with one attached hydrogen (secondary N) is 3. The second-order valence-corrected chi connectivity index (χ2v) is 8.46. The number of rotatable bonds is 12. The number of amides is 2. The molecule has 13 heteroatoms. The maximum atomic E-state index is 12.4. The highest BCUT2D eigenvalue weighted by Crippen LogP contribution is 2.37. The molecule has 2 amide bonds. The molecule has 0 aliphatic carbocycles. The lowest BCUT2D eigenvalue weighted by Gasteiger charge is -2.20. The Balaban J connectivity index is 1.93. The van der Waals surface area contributed by atoms with E-state index in [9.17, 15) is 29.6 Å². The lowest BCUT2D eigenvalue weighted by molar-refractivity contribution is -0.386. The highest BCUT2D eigenvalue weighted by Gasteiger charge is 2.27. The van der Waals surface area contributed by atoms with Gasteiger partial charge in [0.25, 0.3) is 0 Å². The summed E-state index contributed by atoms with van der Waals surface area (Å²) in [7, 11) is 1.15. The van der Waals surface area contributed by atoms with Crippen LogP contribution in [0.3, 0.4) is 0 Å². The molecule has 2 rings (SSSR count). The van der Waals surface area contributed by atoms with Crippen molar-refractivity contribution in [1.29, 1.82) is 0 Å². The molecule has 0 saturated heterocycles. The number of phenolic OH excluding ortho intramolecular Hbond substituents is 1. The number of esters is 1. The number of hydrogen-bond acceptors (Lipinski definition) is 9. The van der Waals surface area contributed by atoms with E-state index in [-0.39, 0.29) is 28.9 Å². The topological polar surface area (TPSA) is 173 Å². The zero-order valence-electron chi connectivity index (χ0n) is 19.2. The SMILES string of the molecule is COC(=O)CC(NC(=O)CNC(=O)CCCNc1cc(C)ccn1)c1cc(Br)cc([N+](=O)[O-])c1O. The molecule has 1 aromatic carbocycles. The fourth-order valence-corrected chi connectivity index (χ4v) is 3.57. The lowest BCUT2D eigenvalue weighted by atomic mass is 10.0. The van der Waals surface area contributed by atoms with E-state index in [2.05, 4.69) is 41.6 Å². The van der Waals surface area contributed by atoms with Gasteiger partial charge in [0.05, 0.1) is 31.0 Å². The van der Waals surface area contributed by atoms with Gasteiger partial charge in [0.15, 0.2) is 5.75 Å². The van der Waals surface area contributed by atoms with E-state index < -0.39 is 40.7 Å². The molecular weight excluding hydrogens is 526 g/mol. The maximum absolute atomic E-state index is 12.4. The maximum Gasteiger partial charge on any atom is 0.312 e. The summed E-state index contributed by atoms with van der Waals surface area (Å²) in [6.07, 6.45) is 1.96. The largest absolute Gasteiger partial charge is 0.502 e.